The average molecular weight is 505 g/mol. The molecule has 0 aliphatic heterocycles. The van der Waals surface area contributed by atoms with E-state index in [4.69, 9.17) is 21.1 Å². The molecule has 2 aromatic heterocycles. The van der Waals surface area contributed by atoms with Crippen LogP contribution in [0.15, 0.2) is 88.4 Å². The summed E-state index contributed by atoms with van der Waals surface area (Å²) in [6, 6.07) is 22.5. The fourth-order valence-electron chi connectivity index (χ4n) is 3.89. The first-order valence-electron chi connectivity index (χ1n) is 10.8. The van der Waals surface area contributed by atoms with Gasteiger partial charge in [0.15, 0.2) is 15.7 Å². The Morgan fingerprint density at radius 3 is 2.37 bits per heavy atom. The highest BCUT2D eigenvalue weighted by Crippen LogP contribution is 2.31. The highest BCUT2D eigenvalue weighted by molar-refractivity contribution is 7.90. The van der Waals surface area contributed by atoms with Gasteiger partial charge in [-0.3, -0.25) is 0 Å². The van der Waals surface area contributed by atoms with Gasteiger partial charge in [-0.1, -0.05) is 71.4 Å². The van der Waals surface area contributed by atoms with Crippen LogP contribution in [0.4, 0.5) is 0 Å². The lowest BCUT2D eigenvalue weighted by Gasteiger charge is -2.14. The van der Waals surface area contributed by atoms with E-state index < -0.39 is 9.84 Å². The number of imidazole rings is 1. The number of aromatic nitrogens is 4. The van der Waals surface area contributed by atoms with Gasteiger partial charge in [0, 0.05) is 23.9 Å². The van der Waals surface area contributed by atoms with E-state index in [0.29, 0.717) is 34.5 Å². The molecular formula is C26H21ClN4O3S. The third kappa shape index (κ3) is 4.76. The number of aryl methyl sites for hydroxylation is 1. The summed E-state index contributed by atoms with van der Waals surface area (Å²) in [4.78, 5) is 9.19. The predicted octanol–water partition coefficient (Wildman–Crippen LogP) is 5.55. The Kier molecular flexibility index (Phi) is 6.00. The Labute approximate surface area is 208 Å². The summed E-state index contributed by atoms with van der Waals surface area (Å²) in [6.07, 6.45) is 3.29. The molecule has 0 N–H and O–H groups in total. The SMILES string of the molecule is Cc1noc(-c2cn(-c3ccc(-c4ccccc4)cc3S(C)(=O)=O)c(Cc3ccccc3Cl)n2)n1. The second-order valence-corrected chi connectivity index (χ2v) is 10.5. The molecule has 7 nitrogen and oxygen atoms in total. The van der Waals surface area contributed by atoms with Gasteiger partial charge in [-0.05, 0) is 41.8 Å². The summed E-state index contributed by atoms with van der Waals surface area (Å²) in [5.74, 6) is 1.32. The lowest BCUT2D eigenvalue weighted by atomic mass is 10.1. The van der Waals surface area contributed by atoms with Crippen molar-refractivity contribution >= 4 is 21.4 Å². The largest absolute Gasteiger partial charge is 0.332 e. The molecule has 0 fully saturated rings. The van der Waals surface area contributed by atoms with Gasteiger partial charge in [0.1, 0.15) is 11.5 Å². The van der Waals surface area contributed by atoms with Crippen LogP contribution in [0.1, 0.15) is 17.2 Å². The van der Waals surface area contributed by atoms with E-state index in [9.17, 15) is 8.42 Å². The Morgan fingerprint density at radius 1 is 0.943 bits per heavy atom. The van der Waals surface area contributed by atoms with Gasteiger partial charge in [0.25, 0.3) is 5.89 Å². The summed E-state index contributed by atoms with van der Waals surface area (Å²) in [7, 11) is -3.59. The van der Waals surface area contributed by atoms with E-state index >= 15 is 0 Å². The summed E-state index contributed by atoms with van der Waals surface area (Å²) < 4.78 is 32.9. The average Bonchev–Trinajstić information content (AvgIpc) is 3.46. The first kappa shape index (κ1) is 23.0. The van der Waals surface area contributed by atoms with E-state index in [-0.39, 0.29) is 10.8 Å². The summed E-state index contributed by atoms with van der Waals surface area (Å²) in [5, 5.41) is 4.45. The summed E-state index contributed by atoms with van der Waals surface area (Å²) in [5.41, 5.74) is 3.50. The molecule has 35 heavy (non-hydrogen) atoms. The van der Waals surface area contributed by atoms with Crippen LogP contribution in [0.2, 0.25) is 5.02 Å². The van der Waals surface area contributed by atoms with Crippen molar-refractivity contribution in [2.45, 2.75) is 18.2 Å². The summed E-state index contributed by atoms with van der Waals surface area (Å²) >= 11 is 6.42. The maximum absolute atomic E-state index is 12.9. The molecule has 5 aromatic rings. The molecule has 3 aromatic carbocycles. The number of halogens is 1. The van der Waals surface area contributed by atoms with Crippen molar-refractivity contribution in [2.24, 2.45) is 0 Å². The van der Waals surface area contributed by atoms with E-state index in [1.165, 1.54) is 6.26 Å². The molecule has 5 rings (SSSR count). The van der Waals surface area contributed by atoms with Crippen molar-refractivity contribution < 1.29 is 12.9 Å². The standard InChI is InChI=1S/C26H21ClN4O3S/c1-17-28-26(34-30-17)22-16-31(25(29-22)15-20-10-6-7-11-21(20)27)23-13-12-19(14-24(23)35(2,32)33)18-8-4-3-5-9-18/h3-14,16H,15H2,1-2H3. The lowest BCUT2D eigenvalue weighted by Crippen LogP contribution is -2.08. The van der Waals surface area contributed by atoms with Crippen LogP contribution < -0.4 is 0 Å². The van der Waals surface area contributed by atoms with Gasteiger partial charge >= 0.3 is 0 Å². The molecular weight excluding hydrogens is 484 g/mol. The smallest absolute Gasteiger partial charge is 0.278 e. The zero-order valence-corrected chi connectivity index (χ0v) is 20.6. The molecule has 0 amide bonds. The Balaban J connectivity index is 1.70. The molecule has 176 valence electrons. The van der Waals surface area contributed by atoms with E-state index in [2.05, 4.69) is 10.1 Å². The molecule has 0 atom stereocenters. The maximum Gasteiger partial charge on any atom is 0.278 e. The van der Waals surface area contributed by atoms with Gasteiger partial charge in [-0.2, -0.15) is 4.98 Å². The molecule has 2 heterocycles. The second-order valence-electron chi connectivity index (χ2n) is 8.15. The minimum atomic E-state index is -3.59. The number of benzene rings is 3. The van der Waals surface area contributed by atoms with Gasteiger partial charge in [0.2, 0.25) is 0 Å². The monoisotopic (exact) mass is 504 g/mol. The number of hydrogen-bond acceptors (Lipinski definition) is 6. The molecule has 9 heteroatoms. The summed E-state index contributed by atoms with van der Waals surface area (Å²) in [6.45, 7) is 1.72. The van der Waals surface area contributed by atoms with E-state index in [1.54, 1.807) is 29.8 Å². The van der Waals surface area contributed by atoms with Crippen LogP contribution in [-0.4, -0.2) is 34.4 Å². The Hall–Kier alpha value is -3.75. The number of nitrogens with zero attached hydrogens (tertiary/aromatic N) is 4. The van der Waals surface area contributed by atoms with Crippen LogP contribution in [0.25, 0.3) is 28.4 Å². The maximum atomic E-state index is 12.9. The van der Waals surface area contributed by atoms with Crippen molar-refractivity contribution in [1.29, 1.82) is 0 Å². The Bertz CT molecular complexity index is 1630. The first-order valence-corrected chi connectivity index (χ1v) is 13.1. The second kappa shape index (κ2) is 9.13. The topological polar surface area (TPSA) is 90.9 Å². The van der Waals surface area contributed by atoms with Crippen molar-refractivity contribution in [3.05, 3.63) is 101 Å². The third-order valence-corrected chi connectivity index (χ3v) is 7.05. The first-order chi connectivity index (χ1) is 16.8. The minimum absolute atomic E-state index is 0.185. The molecule has 0 aliphatic rings. The highest BCUT2D eigenvalue weighted by Gasteiger charge is 2.22. The molecule has 0 saturated carbocycles. The van der Waals surface area contributed by atoms with Crippen molar-refractivity contribution in [1.82, 2.24) is 19.7 Å². The predicted molar refractivity (Wildman–Crippen MR) is 134 cm³/mol. The number of hydrogen-bond donors (Lipinski definition) is 0. The van der Waals surface area contributed by atoms with Crippen LogP contribution >= 0.6 is 11.6 Å². The third-order valence-electron chi connectivity index (χ3n) is 5.56. The van der Waals surface area contributed by atoms with Crippen molar-refractivity contribution in [2.75, 3.05) is 6.26 Å². The molecule has 0 saturated heterocycles. The van der Waals surface area contributed by atoms with Crippen molar-refractivity contribution in [3.8, 4) is 28.4 Å². The van der Waals surface area contributed by atoms with E-state index in [0.717, 1.165) is 16.7 Å². The van der Waals surface area contributed by atoms with E-state index in [1.807, 2.05) is 60.7 Å². The highest BCUT2D eigenvalue weighted by atomic mass is 35.5. The molecule has 0 unspecified atom stereocenters. The minimum Gasteiger partial charge on any atom is -0.332 e. The van der Waals surface area contributed by atoms with Crippen LogP contribution in [0, 0.1) is 6.92 Å². The van der Waals surface area contributed by atoms with Crippen molar-refractivity contribution in [3.63, 3.8) is 0 Å². The normalized spacial score (nSPS) is 11.6. The lowest BCUT2D eigenvalue weighted by molar-refractivity contribution is 0.424. The number of sulfone groups is 1. The van der Waals surface area contributed by atoms with Gasteiger partial charge in [0.05, 0.1) is 10.6 Å². The van der Waals surface area contributed by atoms with Gasteiger partial charge < -0.3 is 9.09 Å². The fourth-order valence-corrected chi connectivity index (χ4v) is 4.98. The molecule has 0 bridgehead atoms. The molecule has 0 radical (unpaired) electrons. The fraction of sp³-hybridized carbons (Fsp3) is 0.115. The molecule has 0 spiro atoms. The zero-order valence-electron chi connectivity index (χ0n) is 19.0. The van der Waals surface area contributed by atoms with Gasteiger partial charge in [-0.25, -0.2) is 13.4 Å². The quantitative estimate of drug-likeness (QED) is 0.301. The molecule has 0 aliphatic carbocycles. The van der Waals surface area contributed by atoms with Crippen LogP contribution in [0.5, 0.6) is 0 Å². The Morgan fingerprint density at radius 2 is 1.69 bits per heavy atom. The van der Waals surface area contributed by atoms with Crippen LogP contribution in [-0.2, 0) is 16.3 Å². The van der Waals surface area contributed by atoms with Gasteiger partial charge in [-0.15, -0.1) is 0 Å². The number of rotatable bonds is 6. The zero-order chi connectivity index (χ0) is 24.6. The van der Waals surface area contributed by atoms with Crippen LogP contribution in [0.3, 0.4) is 0 Å².